The van der Waals surface area contributed by atoms with Crippen molar-refractivity contribution in [1.29, 1.82) is 0 Å². The molecule has 3 unspecified atom stereocenters. The second-order valence-corrected chi connectivity index (χ2v) is 21.2. The fraction of sp³-hybridized carbons (Fsp3) is 0.510. The number of benzene rings is 4. The van der Waals surface area contributed by atoms with E-state index < -0.39 is 7.26 Å². The number of esters is 1. The van der Waals surface area contributed by atoms with E-state index in [0.29, 0.717) is 6.42 Å². The zero-order valence-corrected chi connectivity index (χ0v) is 38.3. The molecule has 3 atom stereocenters. The highest BCUT2D eigenvalue weighted by Gasteiger charge is 2.45. The number of carbonyl (C=O) groups is 1. The van der Waals surface area contributed by atoms with E-state index >= 15 is 0 Å². The van der Waals surface area contributed by atoms with Crippen LogP contribution in [0.15, 0.2) is 91.0 Å². The fourth-order valence-electron chi connectivity index (χ4n) is 8.92. The monoisotopic (exact) mass is 840 g/mol. The molecular weight excluding hydrogens is 771 g/mol. The maximum absolute atomic E-state index is 13.7. The van der Waals surface area contributed by atoms with Gasteiger partial charge in [0.05, 0.1) is 6.16 Å². The van der Waals surface area contributed by atoms with Crippen LogP contribution in [0.4, 0.5) is 0 Å². The molecule has 1 aliphatic heterocycles. The van der Waals surface area contributed by atoms with Gasteiger partial charge in [-0.1, -0.05) is 127 Å². The Labute approximate surface area is 351 Å². The molecule has 0 radical (unpaired) electrons. The van der Waals surface area contributed by atoms with Crippen molar-refractivity contribution in [2.75, 3.05) is 6.16 Å². The van der Waals surface area contributed by atoms with E-state index in [0.717, 1.165) is 77.8 Å². The van der Waals surface area contributed by atoms with E-state index in [4.69, 9.17) is 9.47 Å². The molecule has 0 aliphatic carbocycles. The minimum atomic E-state index is -2.00. The summed E-state index contributed by atoms with van der Waals surface area (Å²) in [6.07, 6.45) is 15.7. The summed E-state index contributed by atoms with van der Waals surface area (Å²) in [5.41, 5.74) is 4.22. The second kappa shape index (κ2) is 21.7. The Kier molecular flexibility index (Phi) is 17.7. The van der Waals surface area contributed by atoms with E-state index in [2.05, 4.69) is 146 Å². The molecule has 304 valence electrons. The van der Waals surface area contributed by atoms with Crippen molar-refractivity contribution in [2.24, 2.45) is 17.8 Å². The first kappa shape index (κ1) is 45.8. The summed E-state index contributed by atoms with van der Waals surface area (Å²) in [6, 6.07) is 32.7. The van der Waals surface area contributed by atoms with Crippen LogP contribution >= 0.6 is 7.26 Å². The Bertz CT molecular complexity index is 1690. The van der Waals surface area contributed by atoms with Crippen LogP contribution in [0, 0.1) is 38.5 Å². The van der Waals surface area contributed by atoms with Gasteiger partial charge in [0.15, 0.2) is 0 Å². The minimum absolute atomic E-state index is 0. The van der Waals surface area contributed by atoms with E-state index in [-0.39, 0.29) is 28.6 Å². The third kappa shape index (κ3) is 11.8. The standard InChI is InChI=1S/C51H70O3P.BrH/c1-38(2)22-18-23-39(3)24-19-25-40(4)26-20-35-51(8)36-34-47-43(7)49(41(5)42(6)50(47)54-51)53-48(52)33-21-37-55(44-27-12-9-13-28-44,45-29-14-10-15-30-45)46-31-16-11-17-32-46;/h9-17,27-32,38-40H,18-26,33-37H2,1-8H3;1H/q+1;/p-1. The van der Waals surface area contributed by atoms with Crippen LogP contribution in [-0.4, -0.2) is 17.7 Å². The number of fused-ring (bicyclic) bond motifs is 1. The molecular formula is C51H70BrO3P. The Morgan fingerprint density at radius 2 is 1.16 bits per heavy atom. The highest BCUT2D eigenvalue weighted by Crippen LogP contribution is 2.56. The van der Waals surface area contributed by atoms with Gasteiger partial charge in [-0.15, -0.1) is 0 Å². The van der Waals surface area contributed by atoms with Crippen LogP contribution < -0.4 is 42.4 Å². The molecule has 0 amide bonds. The summed E-state index contributed by atoms with van der Waals surface area (Å²) in [5.74, 6) is 4.03. The normalized spacial score (nSPS) is 16.4. The third-order valence-corrected chi connectivity index (χ3v) is 17.0. The molecule has 56 heavy (non-hydrogen) atoms. The van der Waals surface area contributed by atoms with Gasteiger partial charge in [0.2, 0.25) is 0 Å². The fourth-order valence-corrected chi connectivity index (χ4v) is 13.3. The largest absolute Gasteiger partial charge is 1.00 e. The maximum atomic E-state index is 13.7. The molecule has 0 saturated heterocycles. The SMILES string of the molecule is Cc1c(C)c2c(c(C)c1OC(=O)CCC[P+](c1ccccc1)(c1ccccc1)c1ccccc1)CCC(C)(CCCC(C)CCCC(C)CCCC(C)C)O2.[Br-]. The number of rotatable bonds is 20. The zero-order valence-electron chi connectivity index (χ0n) is 35.8. The molecule has 5 heteroatoms. The quantitative estimate of drug-likeness (QED) is 0.0506. The van der Waals surface area contributed by atoms with Gasteiger partial charge in [-0.25, -0.2) is 0 Å². The summed E-state index contributed by atoms with van der Waals surface area (Å²) < 4.78 is 13.2. The third-order valence-electron chi connectivity index (χ3n) is 12.5. The lowest BCUT2D eigenvalue weighted by Gasteiger charge is -2.38. The number of hydrogen-bond acceptors (Lipinski definition) is 3. The molecule has 0 spiro atoms. The molecule has 0 N–H and O–H groups in total. The minimum Gasteiger partial charge on any atom is -1.00 e. The highest BCUT2D eigenvalue weighted by atomic mass is 79.9. The molecule has 0 saturated carbocycles. The van der Waals surface area contributed by atoms with Gasteiger partial charge in [0.1, 0.15) is 40.3 Å². The van der Waals surface area contributed by atoms with Crippen LogP contribution in [-0.2, 0) is 11.2 Å². The van der Waals surface area contributed by atoms with Gasteiger partial charge in [-0.3, -0.25) is 4.79 Å². The second-order valence-electron chi connectivity index (χ2n) is 17.5. The number of halogens is 1. The van der Waals surface area contributed by atoms with E-state index in [1.54, 1.807) is 0 Å². The van der Waals surface area contributed by atoms with E-state index in [1.165, 1.54) is 72.8 Å². The van der Waals surface area contributed by atoms with Crippen LogP contribution in [0.5, 0.6) is 11.5 Å². The molecule has 1 heterocycles. The van der Waals surface area contributed by atoms with Crippen LogP contribution in [0.2, 0.25) is 0 Å². The lowest BCUT2D eigenvalue weighted by Crippen LogP contribution is -3.00. The average Bonchev–Trinajstić information content (AvgIpc) is 3.18. The first-order valence-electron chi connectivity index (χ1n) is 21.5. The first-order chi connectivity index (χ1) is 26.4. The molecule has 0 bridgehead atoms. The summed E-state index contributed by atoms with van der Waals surface area (Å²) in [6.45, 7) is 18.2. The average molecular weight is 842 g/mol. The van der Waals surface area contributed by atoms with Crippen LogP contribution in [0.25, 0.3) is 0 Å². The molecule has 0 aromatic heterocycles. The molecule has 1 aliphatic rings. The number of carbonyl (C=O) groups excluding carboxylic acids is 1. The summed E-state index contributed by atoms with van der Waals surface area (Å²) >= 11 is 0. The van der Waals surface area contributed by atoms with Crippen molar-refractivity contribution >= 4 is 29.1 Å². The number of hydrogen-bond donors (Lipinski definition) is 0. The number of ether oxygens (including phenoxy) is 2. The van der Waals surface area contributed by atoms with Gasteiger partial charge >= 0.3 is 5.97 Å². The van der Waals surface area contributed by atoms with Crippen molar-refractivity contribution in [3.63, 3.8) is 0 Å². The van der Waals surface area contributed by atoms with Gasteiger partial charge in [0.25, 0.3) is 0 Å². The highest BCUT2D eigenvalue weighted by molar-refractivity contribution is 7.95. The Balaban J connectivity index is 0.00000696. The van der Waals surface area contributed by atoms with Crippen molar-refractivity contribution in [3.05, 3.63) is 113 Å². The van der Waals surface area contributed by atoms with Gasteiger partial charge in [-0.05, 0) is 131 Å². The zero-order chi connectivity index (χ0) is 39.4. The molecule has 4 aromatic rings. The Morgan fingerprint density at radius 1 is 0.679 bits per heavy atom. The predicted octanol–water partition coefficient (Wildman–Crippen LogP) is 9.82. The van der Waals surface area contributed by atoms with E-state index in [9.17, 15) is 4.79 Å². The molecule has 5 rings (SSSR count). The first-order valence-corrected chi connectivity index (χ1v) is 23.5. The topological polar surface area (TPSA) is 35.5 Å². The van der Waals surface area contributed by atoms with Gasteiger partial charge in [0, 0.05) is 12.0 Å². The summed E-state index contributed by atoms with van der Waals surface area (Å²) in [4.78, 5) is 13.7. The lowest BCUT2D eigenvalue weighted by molar-refractivity contribution is -0.134. The maximum Gasteiger partial charge on any atom is 0.311 e. The smallest absolute Gasteiger partial charge is 0.311 e. The van der Waals surface area contributed by atoms with Crippen molar-refractivity contribution < 1.29 is 31.2 Å². The lowest BCUT2D eigenvalue weighted by atomic mass is 9.83. The summed E-state index contributed by atoms with van der Waals surface area (Å²) in [7, 11) is -2.00. The molecule has 4 aromatic carbocycles. The van der Waals surface area contributed by atoms with Crippen LogP contribution in [0.3, 0.4) is 0 Å². The summed E-state index contributed by atoms with van der Waals surface area (Å²) in [5, 5.41) is 4.02. The molecule has 3 nitrogen and oxygen atoms in total. The predicted molar refractivity (Wildman–Crippen MR) is 238 cm³/mol. The van der Waals surface area contributed by atoms with E-state index in [1.807, 2.05) is 0 Å². The Hall–Kier alpha value is -2.94. The molecule has 0 fully saturated rings. The van der Waals surface area contributed by atoms with Gasteiger partial charge in [-0.2, -0.15) is 0 Å². The van der Waals surface area contributed by atoms with Gasteiger partial charge < -0.3 is 26.5 Å². The Morgan fingerprint density at radius 3 is 1.66 bits per heavy atom. The van der Waals surface area contributed by atoms with Crippen molar-refractivity contribution in [3.8, 4) is 11.5 Å². The van der Waals surface area contributed by atoms with Crippen molar-refractivity contribution in [2.45, 2.75) is 144 Å². The van der Waals surface area contributed by atoms with Crippen molar-refractivity contribution in [1.82, 2.24) is 0 Å². The van der Waals surface area contributed by atoms with Crippen LogP contribution in [0.1, 0.15) is 134 Å².